The van der Waals surface area contributed by atoms with Crippen molar-refractivity contribution in [1.29, 1.82) is 0 Å². The van der Waals surface area contributed by atoms with E-state index in [2.05, 4.69) is 39.5 Å². The average molecular weight is 440 g/mol. The zero-order valence-corrected chi connectivity index (χ0v) is 17.9. The van der Waals surface area contributed by atoms with Gasteiger partial charge in [0.25, 0.3) is 5.69 Å². The highest BCUT2D eigenvalue weighted by molar-refractivity contribution is 8.14. The van der Waals surface area contributed by atoms with Crippen molar-refractivity contribution in [3.63, 3.8) is 0 Å². The second kappa shape index (κ2) is 8.23. The monoisotopic (exact) mass is 439 g/mol. The molecular weight excluding hydrogens is 418 g/mol. The molecule has 2 aromatic carbocycles. The highest BCUT2D eigenvalue weighted by atomic mass is 32.2. The number of aliphatic imine (C=N–C) groups is 1. The highest BCUT2D eigenvalue weighted by Gasteiger charge is 2.33. The Bertz CT molecular complexity index is 1110. The van der Waals surface area contributed by atoms with Crippen molar-refractivity contribution in [2.24, 2.45) is 4.99 Å². The van der Waals surface area contributed by atoms with Gasteiger partial charge in [-0.25, -0.2) is 9.98 Å². The number of thioether (sulfide) groups is 1. The molecule has 9 heteroatoms. The van der Waals surface area contributed by atoms with Crippen LogP contribution in [0.5, 0.6) is 0 Å². The largest absolute Gasteiger partial charge is 0.361 e. The first kappa shape index (κ1) is 19.3. The summed E-state index contributed by atoms with van der Waals surface area (Å²) in [5, 5.41) is 16.2. The van der Waals surface area contributed by atoms with E-state index in [4.69, 9.17) is 4.99 Å². The van der Waals surface area contributed by atoms with Crippen LogP contribution in [0.1, 0.15) is 18.4 Å². The normalized spacial score (nSPS) is 19.5. The lowest BCUT2D eigenvalue weighted by molar-refractivity contribution is -0.384. The predicted octanol–water partition coefficient (Wildman–Crippen LogP) is 5.06. The van der Waals surface area contributed by atoms with Gasteiger partial charge in [0.15, 0.2) is 10.3 Å². The van der Waals surface area contributed by atoms with Crippen molar-refractivity contribution < 1.29 is 4.92 Å². The predicted molar refractivity (Wildman–Crippen MR) is 124 cm³/mol. The minimum Gasteiger partial charge on any atom is -0.361 e. The number of hydrogen-bond acceptors (Lipinski definition) is 7. The molecule has 0 bridgehead atoms. The Kier molecular flexibility index (Phi) is 5.30. The number of anilines is 1. The molecule has 0 aliphatic carbocycles. The summed E-state index contributed by atoms with van der Waals surface area (Å²) in [5.74, 6) is 1.17. The first-order valence-corrected chi connectivity index (χ1v) is 11.8. The third-order valence-corrected chi connectivity index (χ3v) is 7.57. The van der Waals surface area contributed by atoms with Crippen LogP contribution in [0.3, 0.4) is 0 Å². The number of amidine groups is 1. The van der Waals surface area contributed by atoms with Crippen LogP contribution in [0.15, 0.2) is 47.5 Å². The number of nitro groups is 1. The Morgan fingerprint density at radius 3 is 2.97 bits per heavy atom. The van der Waals surface area contributed by atoms with Crippen molar-refractivity contribution in [2.75, 3.05) is 24.2 Å². The maximum absolute atomic E-state index is 10.9. The summed E-state index contributed by atoms with van der Waals surface area (Å²) in [4.78, 5) is 22.3. The summed E-state index contributed by atoms with van der Waals surface area (Å²) in [5.41, 5.74) is 3.12. The Morgan fingerprint density at radius 1 is 1.27 bits per heavy atom. The Labute approximate surface area is 182 Å². The van der Waals surface area contributed by atoms with Gasteiger partial charge in [-0.3, -0.25) is 10.1 Å². The van der Waals surface area contributed by atoms with Gasteiger partial charge < -0.3 is 10.2 Å². The van der Waals surface area contributed by atoms with Crippen LogP contribution in [-0.2, 0) is 6.42 Å². The second-order valence-corrected chi connectivity index (χ2v) is 9.48. The summed E-state index contributed by atoms with van der Waals surface area (Å²) >= 11 is 3.31. The number of thiazole rings is 1. The molecule has 7 nitrogen and oxygen atoms in total. The van der Waals surface area contributed by atoms with Gasteiger partial charge in [0.1, 0.15) is 0 Å². The molecule has 1 aromatic heterocycles. The van der Waals surface area contributed by atoms with Gasteiger partial charge in [-0.15, -0.1) is 0 Å². The fourth-order valence-corrected chi connectivity index (χ4v) is 6.06. The van der Waals surface area contributed by atoms with Crippen LogP contribution in [0.4, 0.5) is 16.5 Å². The Balaban J connectivity index is 1.18. The molecule has 0 radical (unpaired) electrons. The zero-order chi connectivity index (χ0) is 20.5. The molecule has 0 amide bonds. The Morgan fingerprint density at radius 2 is 2.13 bits per heavy atom. The first-order valence-electron chi connectivity index (χ1n) is 10.0. The molecule has 3 aromatic rings. The molecule has 2 fully saturated rings. The van der Waals surface area contributed by atoms with E-state index in [1.54, 1.807) is 12.1 Å². The van der Waals surface area contributed by atoms with E-state index in [-0.39, 0.29) is 10.6 Å². The summed E-state index contributed by atoms with van der Waals surface area (Å²) < 4.78 is 0.820. The van der Waals surface area contributed by atoms with Crippen LogP contribution in [-0.4, -0.2) is 44.9 Å². The van der Waals surface area contributed by atoms with Gasteiger partial charge in [0, 0.05) is 37.0 Å². The lowest BCUT2D eigenvalue weighted by Gasteiger charge is -2.16. The average Bonchev–Trinajstić information content (AvgIpc) is 3.45. The molecule has 2 aliphatic heterocycles. The third-order valence-electron chi connectivity index (χ3n) is 5.46. The van der Waals surface area contributed by atoms with Gasteiger partial charge in [-0.05, 0) is 43.0 Å². The summed E-state index contributed by atoms with van der Waals surface area (Å²) in [7, 11) is 0. The molecule has 3 heterocycles. The number of nitrogens with one attached hydrogen (secondary N) is 1. The van der Waals surface area contributed by atoms with E-state index in [1.807, 2.05) is 11.8 Å². The third kappa shape index (κ3) is 3.99. The smallest absolute Gasteiger partial charge is 0.270 e. The van der Waals surface area contributed by atoms with E-state index in [0.717, 1.165) is 40.5 Å². The number of nitrogens with zero attached hydrogens (tertiary/aromatic N) is 4. The number of benzene rings is 2. The number of fused-ring (bicyclic) bond motifs is 2. The minimum atomic E-state index is -0.379. The molecule has 0 unspecified atom stereocenters. The Hall–Kier alpha value is -2.65. The standard InChI is InChI=1S/C21H21N5O2S2/c27-26(28)16-7-8-18-19(12-16)30-20(24-18)22-10-9-14-3-5-15(6-4-14)23-21-25-11-1-2-17(25)13-29-21/h3-8,12,17H,1-2,9-11,13H2,(H,22,24)/t17-/m0/s1. The topological polar surface area (TPSA) is 83.7 Å². The summed E-state index contributed by atoms with van der Waals surface area (Å²) in [6.07, 6.45) is 3.45. The van der Waals surface area contributed by atoms with Gasteiger partial charge in [0.05, 0.1) is 20.8 Å². The first-order chi connectivity index (χ1) is 14.7. The van der Waals surface area contributed by atoms with E-state index in [9.17, 15) is 10.1 Å². The molecule has 154 valence electrons. The number of rotatable bonds is 6. The minimum absolute atomic E-state index is 0.0950. The highest BCUT2D eigenvalue weighted by Crippen LogP contribution is 2.33. The fraction of sp³-hybridized carbons (Fsp3) is 0.333. The van der Waals surface area contributed by atoms with E-state index < -0.39 is 0 Å². The maximum atomic E-state index is 10.9. The molecule has 2 aliphatic rings. The van der Waals surface area contributed by atoms with E-state index in [1.165, 1.54) is 46.7 Å². The quantitative estimate of drug-likeness (QED) is 0.427. The number of aromatic nitrogens is 1. The van der Waals surface area contributed by atoms with Crippen LogP contribution < -0.4 is 5.32 Å². The van der Waals surface area contributed by atoms with Crippen molar-refractivity contribution in [1.82, 2.24) is 9.88 Å². The number of nitro benzene ring substituents is 1. The lowest BCUT2D eigenvalue weighted by atomic mass is 10.1. The number of non-ortho nitro benzene ring substituents is 1. The molecule has 1 N–H and O–H groups in total. The molecule has 0 spiro atoms. The van der Waals surface area contributed by atoms with Crippen LogP contribution in [0, 0.1) is 10.1 Å². The van der Waals surface area contributed by atoms with Crippen molar-refractivity contribution >= 4 is 55.0 Å². The zero-order valence-electron chi connectivity index (χ0n) is 16.3. The molecular formula is C21H21N5O2S2. The lowest BCUT2D eigenvalue weighted by Crippen LogP contribution is -2.27. The van der Waals surface area contributed by atoms with E-state index >= 15 is 0 Å². The second-order valence-electron chi connectivity index (χ2n) is 7.47. The van der Waals surface area contributed by atoms with Crippen molar-refractivity contribution in [3.8, 4) is 0 Å². The fourth-order valence-electron chi connectivity index (χ4n) is 3.87. The maximum Gasteiger partial charge on any atom is 0.270 e. The van der Waals surface area contributed by atoms with Gasteiger partial charge >= 0.3 is 0 Å². The molecule has 5 rings (SSSR count). The molecule has 2 saturated heterocycles. The van der Waals surface area contributed by atoms with Crippen molar-refractivity contribution in [3.05, 3.63) is 58.1 Å². The summed E-state index contributed by atoms with van der Waals surface area (Å²) in [6.45, 7) is 1.89. The SMILES string of the molecule is O=[N+]([O-])c1ccc2nc(NCCc3ccc(N=C4SC[C@@H]5CCCN45)cc3)sc2c1. The molecule has 0 saturated carbocycles. The molecule has 30 heavy (non-hydrogen) atoms. The van der Waals surface area contributed by atoms with Gasteiger partial charge in [0.2, 0.25) is 0 Å². The van der Waals surface area contributed by atoms with Crippen LogP contribution in [0.2, 0.25) is 0 Å². The van der Waals surface area contributed by atoms with Crippen LogP contribution in [0.25, 0.3) is 10.2 Å². The van der Waals surface area contributed by atoms with E-state index in [0.29, 0.717) is 6.04 Å². The number of hydrogen-bond donors (Lipinski definition) is 1. The summed E-state index contributed by atoms with van der Waals surface area (Å²) in [6, 6.07) is 13.9. The van der Waals surface area contributed by atoms with Gasteiger partial charge in [-0.2, -0.15) is 0 Å². The van der Waals surface area contributed by atoms with Crippen molar-refractivity contribution in [2.45, 2.75) is 25.3 Å². The van der Waals surface area contributed by atoms with Gasteiger partial charge in [-0.1, -0.05) is 35.2 Å². The van der Waals surface area contributed by atoms with Crippen LogP contribution >= 0.6 is 23.1 Å². The molecule has 1 atom stereocenters.